The number of unbranched alkanes of at least 4 members (excludes halogenated alkanes) is 3. The van der Waals surface area contributed by atoms with Crippen LogP contribution in [0.1, 0.15) is 36.0 Å². The first-order valence-corrected chi connectivity index (χ1v) is 6.50. The zero-order valence-corrected chi connectivity index (χ0v) is 11.3. The van der Waals surface area contributed by atoms with Crippen molar-refractivity contribution >= 4 is 11.6 Å². The molecule has 21 heavy (non-hydrogen) atoms. The fourth-order valence-electron chi connectivity index (χ4n) is 1.76. The summed E-state index contributed by atoms with van der Waals surface area (Å²) in [6.45, 7) is 0.346. The second kappa shape index (κ2) is 8.25. The van der Waals surface area contributed by atoms with E-state index in [1.807, 2.05) is 0 Å². The quantitative estimate of drug-likeness (QED) is 0.437. The van der Waals surface area contributed by atoms with Gasteiger partial charge in [0.15, 0.2) is 0 Å². The number of nitro benzene ring substituents is 1. The molecule has 0 atom stereocenters. The molecule has 0 aliphatic carbocycles. The standard InChI is InChI=1S/C13H16F2N2O4/c14-9-7-10(12(15)11(8-9)17(20)21)13(19)16-5-3-1-2-4-6-18/h7-8,18H,1-6H2,(H,16,19). The van der Waals surface area contributed by atoms with E-state index in [-0.39, 0.29) is 13.2 Å². The molecule has 0 aliphatic heterocycles. The molecule has 6 nitrogen and oxygen atoms in total. The highest BCUT2D eigenvalue weighted by molar-refractivity contribution is 5.95. The van der Waals surface area contributed by atoms with Gasteiger partial charge in [0.2, 0.25) is 5.82 Å². The molecule has 0 saturated heterocycles. The second-order valence-electron chi connectivity index (χ2n) is 4.44. The van der Waals surface area contributed by atoms with E-state index in [1.54, 1.807) is 0 Å². The molecule has 0 saturated carbocycles. The first kappa shape index (κ1) is 17.0. The smallest absolute Gasteiger partial charge is 0.308 e. The number of nitrogens with zero attached hydrogens (tertiary/aromatic N) is 1. The van der Waals surface area contributed by atoms with Crippen LogP contribution >= 0.6 is 0 Å². The number of rotatable bonds is 8. The lowest BCUT2D eigenvalue weighted by molar-refractivity contribution is -0.387. The number of carbonyl (C=O) groups is 1. The average molecular weight is 302 g/mol. The molecule has 0 fully saturated rings. The van der Waals surface area contributed by atoms with Gasteiger partial charge in [0.05, 0.1) is 16.6 Å². The van der Waals surface area contributed by atoms with Crippen molar-refractivity contribution in [1.29, 1.82) is 0 Å². The Morgan fingerprint density at radius 1 is 1.24 bits per heavy atom. The van der Waals surface area contributed by atoms with E-state index in [9.17, 15) is 23.7 Å². The normalized spacial score (nSPS) is 10.4. The number of aliphatic hydroxyl groups excluding tert-OH is 1. The minimum absolute atomic E-state index is 0.102. The second-order valence-corrected chi connectivity index (χ2v) is 4.44. The Bertz CT molecular complexity index is 523. The Morgan fingerprint density at radius 2 is 1.90 bits per heavy atom. The zero-order valence-electron chi connectivity index (χ0n) is 11.3. The maximum atomic E-state index is 13.7. The Hall–Kier alpha value is -2.09. The molecule has 0 bridgehead atoms. The van der Waals surface area contributed by atoms with Gasteiger partial charge in [-0.3, -0.25) is 14.9 Å². The van der Waals surface area contributed by atoms with Crippen molar-refractivity contribution in [3.05, 3.63) is 39.4 Å². The molecule has 0 spiro atoms. The number of carbonyl (C=O) groups excluding carboxylic acids is 1. The highest BCUT2D eigenvalue weighted by atomic mass is 19.1. The van der Waals surface area contributed by atoms with Crippen molar-refractivity contribution in [3.63, 3.8) is 0 Å². The first-order chi connectivity index (χ1) is 9.97. The lowest BCUT2D eigenvalue weighted by Crippen LogP contribution is -2.25. The zero-order chi connectivity index (χ0) is 15.8. The Balaban J connectivity index is 2.64. The van der Waals surface area contributed by atoms with Crippen molar-refractivity contribution in [3.8, 4) is 0 Å². The Morgan fingerprint density at radius 3 is 2.52 bits per heavy atom. The molecule has 0 radical (unpaired) electrons. The SMILES string of the molecule is O=C(NCCCCCCO)c1cc(F)cc([N+](=O)[O-])c1F. The van der Waals surface area contributed by atoms with E-state index in [4.69, 9.17) is 5.11 Å². The maximum absolute atomic E-state index is 13.7. The largest absolute Gasteiger partial charge is 0.396 e. The molecule has 0 unspecified atom stereocenters. The van der Waals surface area contributed by atoms with Crippen molar-refractivity contribution in [2.45, 2.75) is 25.7 Å². The summed E-state index contributed by atoms with van der Waals surface area (Å²) < 4.78 is 26.9. The minimum atomic E-state index is -1.35. The molecular weight excluding hydrogens is 286 g/mol. The highest BCUT2D eigenvalue weighted by Crippen LogP contribution is 2.22. The lowest BCUT2D eigenvalue weighted by Gasteiger charge is -2.06. The predicted molar refractivity (Wildman–Crippen MR) is 70.9 cm³/mol. The molecule has 1 aromatic rings. The summed E-state index contributed by atoms with van der Waals surface area (Å²) in [6.07, 6.45) is 2.85. The van der Waals surface area contributed by atoms with Crippen LogP contribution in [0.2, 0.25) is 0 Å². The predicted octanol–water partition coefficient (Wildman–Crippen LogP) is 2.16. The summed E-state index contributed by atoms with van der Waals surface area (Å²) in [7, 11) is 0. The molecule has 1 rings (SSSR count). The van der Waals surface area contributed by atoms with E-state index in [0.29, 0.717) is 25.0 Å². The average Bonchev–Trinajstić information content (AvgIpc) is 2.44. The fourth-order valence-corrected chi connectivity index (χ4v) is 1.76. The molecule has 8 heteroatoms. The topological polar surface area (TPSA) is 92.5 Å². The monoisotopic (exact) mass is 302 g/mol. The maximum Gasteiger partial charge on any atom is 0.308 e. The molecule has 0 heterocycles. The fraction of sp³-hybridized carbons (Fsp3) is 0.462. The third kappa shape index (κ3) is 5.07. The summed E-state index contributed by atoms with van der Waals surface area (Å²) in [6, 6.07) is 1.06. The number of amides is 1. The number of benzene rings is 1. The van der Waals surface area contributed by atoms with Crippen LogP contribution in [0, 0.1) is 21.7 Å². The van der Waals surface area contributed by atoms with Gasteiger partial charge in [-0.25, -0.2) is 4.39 Å². The van der Waals surface area contributed by atoms with Crippen LogP contribution in [-0.2, 0) is 0 Å². The highest BCUT2D eigenvalue weighted by Gasteiger charge is 2.23. The number of aliphatic hydroxyl groups is 1. The molecule has 1 amide bonds. The van der Waals surface area contributed by atoms with E-state index in [2.05, 4.69) is 5.32 Å². The van der Waals surface area contributed by atoms with E-state index in [1.165, 1.54) is 0 Å². The lowest BCUT2D eigenvalue weighted by atomic mass is 10.1. The number of hydrogen-bond donors (Lipinski definition) is 2. The summed E-state index contributed by atoms with van der Waals surface area (Å²) in [5, 5.41) is 21.5. The summed E-state index contributed by atoms with van der Waals surface area (Å²) in [5.74, 6) is -3.28. The first-order valence-electron chi connectivity index (χ1n) is 6.50. The molecule has 0 aliphatic rings. The van der Waals surface area contributed by atoms with Crippen LogP contribution in [0.25, 0.3) is 0 Å². The summed E-state index contributed by atoms with van der Waals surface area (Å²) in [4.78, 5) is 21.2. The van der Waals surface area contributed by atoms with Gasteiger partial charge in [0.25, 0.3) is 5.91 Å². The van der Waals surface area contributed by atoms with E-state index < -0.39 is 33.7 Å². The van der Waals surface area contributed by atoms with E-state index in [0.717, 1.165) is 12.8 Å². The minimum Gasteiger partial charge on any atom is -0.396 e. The third-order valence-corrected chi connectivity index (χ3v) is 2.83. The summed E-state index contributed by atoms with van der Waals surface area (Å²) in [5.41, 5.74) is -1.75. The molecule has 1 aromatic carbocycles. The van der Waals surface area contributed by atoms with Crippen LogP contribution in [0.5, 0.6) is 0 Å². The number of hydrogen-bond acceptors (Lipinski definition) is 4. The molecule has 116 valence electrons. The number of nitrogens with one attached hydrogen (secondary N) is 1. The van der Waals surface area contributed by atoms with Gasteiger partial charge in [0, 0.05) is 13.2 Å². The van der Waals surface area contributed by atoms with Gasteiger partial charge in [-0.1, -0.05) is 12.8 Å². The molecule has 2 N–H and O–H groups in total. The number of nitro groups is 1. The van der Waals surface area contributed by atoms with Gasteiger partial charge >= 0.3 is 5.69 Å². The van der Waals surface area contributed by atoms with Crippen LogP contribution in [0.15, 0.2) is 12.1 Å². The van der Waals surface area contributed by atoms with Gasteiger partial charge in [-0.2, -0.15) is 4.39 Å². The Kier molecular flexibility index (Phi) is 6.67. The van der Waals surface area contributed by atoms with Crippen LogP contribution in [-0.4, -0.2) is 29.1 Å². The molecule has 0 aromatic heterocycles. The third-order valence-electron chi connectivity index (χ3n) is 2.83. The van der Waals surface area contributed by atoms with Gasteiger partial charge < -0.3 is 10.4 Å². The summed E-state index contributed by atoms with van der Waals surface area (Å²) >= 11 is 0. The van der Waals surface area contributed by atoms with Crippen molar-refractivity contribution in [2.24, 2.45) is 0 Å². The molecular formula is C13H16F2N2O4. The van der Waals surface area contributed by atoms with E-state index >= 15 is 0 Å². The Labute approximate surface area is 119 Å². The van der Waals surface area contributed by atoms with Crippen LogP contribution in [0.3, 0.4) is 0 Å². The van der Waals surface area contributed by atoms with Crippen molar-refractivity contribution in [2.75, 3.05) is 13.2 Å². The van der Waals surface area contributed by atoms with Gasteiger partial charge in [-0.15, -0.1) is 0 Å². The van der Waals surface area contributed by atoms with Crippen LogP contribution < -0.4 is 5.32 Å². The van der Waals surface area contributed by atoms with Crippen molar-refractivity contribution in [1.82, 2.24) is 5.32 Å². The van der Waals surface area contributed by atoms with Gasteiger partial charge in [0.1, 0.15) is 5.82 Å². The van der Waals surface area contributed by atoms with Crippen molar-refractivity contribution < 1.29 is 23.6 Å². The number of halogens is 2. The van der Waals surface area contributed by atoms with Crippen LogP contribution in [0.4, 0.5) is 14.5 Å². The van der Waals surface area contributed by atoms with Gasteiger partial charge in [-0.05, 0) is 18.9 Å².